The van der Waals surface area contributed by atoms with Crippen molar-refractivity contribution in [3.63, 3.8) is 0 Å². The molecule has 1 heterocycles. The van der Waals surface area contributed by atoms with Gasteiger partial charge in [0.25, 0.3) is 5.91 Å². The smallest absolute Gasteiger partial charge is 0.253 e. The van der Waals surface area contributed by atoms with Gasteiger partial charge < -0.3 is 19.7 Å². The summed E-state index contributed by atoms with van der Waals surface area (Å²) in [5, 5.41) is 3.33. The van der Waals surface area contributed by atoms with Gasteiger partial charge in [0.05, 0.1) is 29.6 Å². The van der Waals surface area contributed by atoms with Crippen molar-refractivity contribution in [2.24, 2.45) is 0 Å². The maximum absolute atomic E-state index is 13.1. The SMILES string of the molecule is CN(CC1COc2ccccc2O1)C(=O)CC(NC(=O)c1ccccc1Cl)c1ccccc1. The molecule has 0 spiro atoms. The van der Waals surface area contributed by atoms with Gasteiger partial charge >= 0.3 is 0 Å². The molecule has 1 N–H and O–H groups in total. The van der Waals surface area contributed by atoms with Crippen LogP contribution in [0.2, 0.25) is 5.02 Å². The van der Waals surface area contributed by atoms with Crippen molar-refractivity contribution in [1.29, 1.82) is 0 Å². The van der Waals surface area contributed by atoms with E-state index >= 15 is 0 Å². The predicted molar refractivity (Wildman–Crippen MR) is 127 cm³/mol. The summed E-state index contributed by atoms with van der Waals surface area (Å²) < 4.78 is 11.7. The molecule has 3 aromatic rings. The van der Waals surface area contributed by atoms with E-state index < -0.39 is 6.04 Å². The standard InChI is InChI=1S/C26H25ClN2O4/c1-29(16-19-17-32-23-13-7-8-14-24(23)33-19)25(30)15-22(18-9-3-2-4-10-18)28-26(31)20-11-5-6-12-21(20)27/h2-14,19,22H,15-17H2,1H3,(H,28,31). The molecule has 0 fully saturated rings. The number of ether oxygens (including phenoxy) is 2. The highest BCUT2D eigenvalue weighted by Crippen LogP contribution is 2.31. The summed E-state index contributed by atoms with van der Waals surface area (Å²) in [6.07, 6.45) is -0.178. The number of carbonyl (C=O) groups excluding carboxylic acids is 2. The fourth-order valence-corrected chi connectivity index (χ4v) is 3.93. The number of hydrogen-bond acceptors (Lipinski definition) is 4. The van der Waals surface area contributed by atoms with Gasteiger partial charge in [-0.3, -0.25) is 9.59 Å². The van der Waals surface area contributed by atoms with Crippen molar-refractivity contribution in [2.75, 3.05) is 20.2 Å². The molecule has 33 heavy (non-hydrogen) atoms. The number of benzene rings is 3. The Labute approximate surface area is 198 Å². The minimum absolute atomic E-state index is 0.0981. The highest BCUT2D eigenvalue weighted by atomic mass is 35.5. The van der Waals surface area contributed by atoms with Crippen molar-refractivity contribution in [3.05, 3.63) is 95.0 Å². The normalized spacial score (nSPS) is 15.4. The summed E-state index contributed by atoms with van der Waals surface area (Å²) in [6, 6.07) is 23.2. The van der Waals surface area contributed by atoms with Gasteiger partial charge in [0, 0.05) is 7.05 Å². The minimum Gasteiger partial charge on any atom is -0.486 e. The third-order valence-electron chi connectivity index (χ3n) is 5.48. The molecule has 0 aliphatic carbocycles. The molecule has 2 amide bonds. The first-order chi connectivity index (χ1) is 16.0. The monoisotopic (exact) mass is 464 g/mol. The summed E-state index contributed by atoms with van der Waals surface area (Å²) in [4.78, 5) is 27.6. The minimum atomic E-state index is -0.505. The van der Waals surface area contributed by atoms with E-state index in [1.807, 2.05) is 54.6 Å². The molecule has 0 aromatic heterocycles. The van der Waals surface area contributed by atoms with Gasteiger partial charge in [0.15, 0.2) is 17.6 Å². The average Bonchev–Trinajstić information content (AvgIpc) is 2.84. The molecule has 1 aliphatic heterocycles. The van der Waals surface area contributed by atoms with Crippen LogP contribution in [-0.2, 0) is 4.79 Å². The zero-order valence-electron chi connectivity index (χ0n) is 18.2. The van der Waals surface area contributed by atoms with Crippen LogP contribution in [0.1, 0.15) is 28.4 Å². The lowest BCUT2D eigenvalue weighted by Gasteiger charge is -2.30. The van der Waals surface area contributed by atoms with Gasteiger partial charge in [-0.15, -0.1) is 0 Å². The Morgan fingerprint density at radius 2 is 1.67 bits per heavy atom. The molecule has 7 heteroatoms. The molecule has 0 bridgehead atoms. The van der Waals surface area contributed by atoms with E-state index in [4.69, 9.17) is 21.1 Å². The highest BCUT2D eigenvalue weighted by Gasteiger charge is 2.26. The molecule has 0 saturated carbocycles. The van der Waals surface area contributed by atoms with Gasteiger partial charge in [0.1, 0.15) is 6.61 Å². The predicted octanol–water partition coefficient (Wildman–Crippen LogP) is 4.50. The van der Waals surface area contributed by atoms with E-state index in [-0.39, 0.29) is 24.3 Å². The molecule has 4 rings (SSSR count). The Morgan fingerprint density at radius 1 is 1.00 bits per heavy atom. The van der Waals surface area contributed by atoms with Crippen LogP contribution in [0.3, 0.4) is 0 Å². The van der Waals surface area contributed by atoms with E-state index in [2.05, 4.69) is 5.32 Å². The number of nitrogens with zero attached hydrogens (tertiary/aromatic N) is 1. The number of nitrogens with one attached hydrogen (secondary N) is 1. The topological polar surface area (TPSA) is 67.9 Å². The number of halogens is 1. The van der Waals surface area contributed by atoms with Crippen molar-refractivity contribution >= 4 is 23.4 Å². The van der Waals surface area contributed by atoms with Gasteiger partial charge in [-0.25, -0.2) is 0 Å². The summed E-state index contributed by atoms with van der Waals surface area (Å²) in [5.74, 6) is 0.925. The number of amides is 2. The van der Waals surface area contributed by atoms with Crippen molar-refractivity contribution in [1.82, 2.24) is 10.2 Å². The summed E-state index contributed by atoms with van der Waals surface area (Å²) >= 11 is 6.19. The van der Waals surface area contributed by atoms with Gasteiger partial charge in [-0.05, 0) is 29.8 Å². The molecule has 6 nitrogen and oxygen atoms in total. The van der Waals surface area contributed by atoms with Crippen molar-refractivity contribution < 1.29 is 19.1 Å². The number of fused-ring (bicyclic) bond motifs is 1. The second-order valence-electron chi connectivity index (χ2n) is 7.89. The van der Waals surface area contributed by atoms with E-state index in [9.17, 15) is 9.59 Å². The zero-order chi connectivity index (χ0) is 23.2. The first-order valence-electron chi connectivity index (χ1n) is 10.7. The summed E-state index contributed by atoms with van der Waals surface area (Å²) in [5.41, 5.74) is 1.21. The van der Waals surface area contributed by atoms with Crippen LogP contribution < -0.4 is 14.8 Å². The Balaban J connectivity index is 1.43. The molecule has 0 radical (unpaired) electrons. The van der Waals surface area contributed by atoms with Crippen LogP contribution >= 0.6 is 11.6 Å². The Kier molecular flexibility index (Phi) is 7.15. The van der Waals surface area contributed by atoms with E-state index in [1.165, 1.54) is 0 Å². The molecular formula is C26H25ClN2O4. The number of likely N-dealkylation sites (N-methyl/N-ethyl adjacent to an activating group) is 1. The second kappa shape index (κ2) is 10.4. The number of hydrogen-bond donors (Lipinski definition) is 1. The Hall–Kier alpha value is -3.51. The number of carbonyl (C=O) groups is 2. The third-order valence-corrected chi connectivity index (χ3v) is 5.80. The maximum atomic E-state index is 13.1. The second-order valence-corrected chi connectivity index (χ2v) is 8.30. The first kappa shape index (κ1) is 22.7. The molecule has 2 unspecified atom stereocenters. The van der Waals surface area contributed by atoms with E-state index in [0.717, 1.165) is 5.56 Å². The van der Waals surface area contributed by atoms with Crippen molar-refractivity contribution in [2.45, 2.75) is 18.6 Å². The summed E-state index contributed by atoms with van der Waals surface area (Å²) in [6.45, 7) is 0.729. The van der Waals surface area contributed by atoms with Gasteiger partial charge in [0.2, 0.25) is 5.91 Å². The van der Waals surface area contributed by atoms with Crippen LogP contribution in [0.4, 0.5) is 0 Å². The fraction of sp³-hybridized carbons (Fsp3) is 0.231. The summed E-state index contributed by atoms with van der Waals surface area (Å²) in [7, 11) is 1.73. The van der Waals surface area contributed by atoms with Crippen molar-refractivity contribution in [3.8, 4) is 11.5 Å². The fourth-order valence-electron chi connectivity index (χ4n) is 3.71. The first-order valence-corrected chi connectivity index (χ1v) is 11.1. The molecule has 0 saturated heterocycles. The Bertz CT molecular complexity index is 1120. The zero-order valence-corrected chi connectivity index (χ0v) is 19.0. The molecule has 1 aliphatic rings. The van der Waals surface area contributed by atoms with Crippen LogP contribution in [0.25, 0.3) is 0 Å². The lowest BCUT2D eigenvalue weighted by atomic mass is 10.0. The largest absolute Gasteiger partial charge is 0.486 e. The lowest BCUT2D eigenvalue weighted by molar-refractivity contribution is -0.131. The molecule has 3 aromatic carbocycles. The van der Waals surface area contributed by atoms with Gasteiger partial charge in [-0.2, -0.15) is 0 Å². The maximum Gasteiger partial charge on any atom is 0.253 e. The lowest BCUT2D eigenvalue weighted by Crippen LogP contribution is -2.43. The quantitative estimate of drug-likeness (QED) is 0.559. The third kappa shape index (κ3) is 5.65. The van der Waals surface area contributed by atoms with E-state index in [0.29, 0.717) is 35.2 Å². The average molecular weight is 465 g/mol. The molecule has 2 atom stereocenters. The molecular weight excluding hydrogens is 440 g/mol. The molecule has 170 valence electrons. The highest BCUT2D eigenvalue weighted by molar-refractivity contribution is 6.33. The Morgan fingerprint density at radius 3 is 2.42 bits per heavy atom. The number of rotatable bonds is 7. The van der Waals surface area contributed by atoms with Crippen LogP contribution in [-0.4, -0.2) is 43.0 Å². The van der Waals surface area contributed by atoms with Gasteiger partial charge in [-0.1, -0.05) is 66.2 Å². The number of para-hydroxylation sites is 2. The van der Waals surface area contributed by atoms with Crippen LogP contribution in [0.5, 0.6) is 11.5 Å². The van der Waals surface area contributed by atoms with E-state index in [1.54, 1.807) is 36.2 Å². The van der Waals surface area contributed by atoms with Crippen LogP contribution in [0.15, 0.2) is 78.9 Å². The van der Waals surface area contributed by atoms with Crippen LogP contribution in [0, 0.1) is 0 Å².